The lowest BCUT2D eigenvalue weighted by Gasteiger charge is -2.08. The van der Waals surface area contributed by atoms with Crippen LogP contribution in [0.25, 0.3) is 16.9 Å². The zero-order chi connectivity index (χ0) is 16.4. The highest BCUT2D eigenvalue weighted by molar-refractivity contribution is 6.60. The number of carbonyl (C=O) groups is 1. The Morgan fingerprint density at radius 1 is 1.13 bits per heavy atom. The van der Waals surface area contributed by atoms with Gasteiger partial charge in [0, 0.05) is 23.5 Å². The van der Waals surface area contributed by atoms with Crippen molar-refractivity contribution in [2.24, 2.45) is 0 Å². The van der Waals surface area contributed by atoms with Crippen LogP contribution in [0.4, 0.5) is 10.6 Å². The van der Waals surface area contributed by atoms with Gasteiger partial charge in [0.2, 0.25) is 7.85 Å². The highest BCUT2D eigenvalue weighted by atomic mass is 16.1. The van der Waals surface area contributed by atoms with Crippen molar-refractivity contribution in [1.82, 2.24) is 19.7 Å². The molecule has 3 aromatic rings. The summed E-state index contributed by atoms with van der Waals surface area (Å²) in [6.07, 6.45) is 3.42. The Hall–Kier alpha value is -2.96. The second kappa shape index (κ2) is 6.04. The molecule has 2 aromatic heterocycles. The fourth-order valence-corrected chi connectivity index (χ4v) is 2.30. The third kappa shape index (κ3) is 2.99. The third-order valence-corrected chi connectivity index (χ3v) is 3.42. The Morgan fingerprint density at radius 2 is 1.78 bits per heavy atom. The molecule has 0 aliphatic heterocycles. The van der Waals surface area contributed by atoms with Crippen LogP contribution in [0, 0.1) is 13.8 Å². The van der Waals surface area contributed by atoms with Gasteiger partial charge in [-0.05, 0) is 26.0 Å². The first-order chi connectivity index (χ1) is 11.1. The lowest BCUT2D eigenvalue weighted by molar-refractivity contribution is 0.268. The van der Waals surface area contributed by atoms with E-state index in [4.69, 9.17) is 7.85 Å². The number of para-hydroxylation sites is 1. The molecule has 0 saturated carbocycles. The fraction of sp³-hybridized carbons (Fsp3) is 0.125. The minimum Gasteiger partial charge on any atom is -0.320 e. The molecule has 2 heterocycles. The third-order valence-electron chi connectivity index (χ3n) is 3.42. The van der Waals surface area contributed by atoms with Crippen molar-refractivity contribution in [3.05, 3.63) is 54.1 Å². The molecule has 1 N–H and O–H groups in total. The number of benzene rings is 1. The van der Waals surface area contributed by atoms with Crippen LogP contribution in [0.15, 0.2) is 42.7 Å². The number of amides is 1. The summed E-state index contributed by atoms with van der Waals surface area (Å²) in [5.41, 5.74) is 3.08. The SMILES string of the molecule is [B]C(=O)Nc1c(C)c(-c2cnc(C)nc2)nn1-c1ccccc1. The van der Waals surface area contributed by atoms with Crippen LogP contribution in [0.2, 0.25) is 0 Å². The maximum absolute atomic E-state index is 11.3. The van der Waals surface area contributed by atoms with Gasteiger partial charge in [0.25, 0.3) is 0 Å². The maximum Gasteiger partial charge on any atom is 0.201 e. The van der Waals surface area contributed by atoms with Gasteiger partial charge in [-0.3, -0.25) is 4.79 Å². The molecule has 0 atom stereocenters. The molecule has 3 rings (SSSR count). The predicted molar refractivity (Wildman–Crippen MR) is 88.8 cm³/mol. The molecule has 2 radical (unpaired) electrons. The molecule has 23 heavy (non-hydrogen) atoms. The van der Waals surface area contributed by atoms with E-state index in [-0.39, 0.29) is 0 Å². The number of rotatable bonds is 3. The van der Waals surface area contributed by atoms with E-state index < -0.39 is 5.81 Å². The van der Waals surface area contributed by atoms with E-state index in [1.807, 2.05) is 44.2 Å². The number of aromatic nitrogens is 4. The lowest BCUT2D eigenvalue weighted by atomic mass is 10.1. The molecule has 6 nitrogen and oxygen atoms in total. The molecule has 0 spiro atoms. The standard InChI is InChI=1S/C16H14BN5O/c1-10-14(12-8-18-11(2)19-9-12)21-22(15(10)20-16(17)23)13-6-4-3-5-7-13/h3-9H,1-2H3,(H,20,23). The van der Waals surface area contributed by atoms with E-state index in [1.54, 1.807) is 17.1 Å². The van der Waals surface area contributed by atoms with E-state index >= 15 is 0 Å². The van der Waals surface area contributed by atoms with E-state index in [0.717, 1.165) is 16.8 Å². The number of anilines is 1. The zero-order valence-corrected chi connectivity index (χ0v) is 12.8. The van der Waals surface area contributed by atoms with Gasteiger partial charge in [0.15, 0.2) is 5.81 Å². The van der Waals surface area contributed by atoms with Crippen LogP contribution in [0.3, 0.4) is 0 Å². The molecular weight excluding hydrogens is 289 g/mol. The molecule has 1 aromatic carbocycles. The maximum atomic E-state index is 11.3. The minimum atomic E-state index is -0.642. The molecule has 0 fully saturated rings. The minimum absolute atomic E-state index is 0.527. The number of nitrogens with zero attached hydrogens (tertiary/aromatic N) is 4. The van der Waals surface area contributed by atoms with Crippen LogP contribution >= 0.6 is 0 Å². The first kappa shape index (κ1) is 15.0. The van der Waals surface area contributed by atoms with Gasteiger partial charge in [0.05, 0.1) is 5.69 Å². The van der Waals surface area contributed by atoms with Crippen molar-refractivity contribution >= 4 is 19.5 Å². The Bertz CT molecular complexity index is 843. The highest BCUT2D eigenvalue weighted by Crippen LogP contribution is 2.29. The average molecular weight is 303 g/mol. The highest BCUT2D eigenvalue weighted by Gasteiger charge is 2.18. The molecule has 7 heteroatoms. The summed E-state index contributed by atoms with van der Waals surface area (Å²) in [6.45, 7) is 3.69. The first-order valence-electron chi connectivity index (χ1n) is 7.07. The van der Waals surface area contributed by atoms with Crippen molar-refractivity contribution in [2.45, 2.75) is 13.8 Å². The topological polar surface area (TPSA) is 72.7 Å². The van der Waals surface area contributed by atoms with Gasteiger partial charge >= 0.3 is 0 Å². The average Bonchev–Trinajstić information content (AvgIpc) is 2.86. The lowest BCUT2D eigenvalue weighted by Crippen LogP contribution is -2.13. The van der Waals surface area contributed by atoms with Crippen molar-refractivity contribution < 1.29 is 4.79 Å². The summed E-state index contributed by atoms with van der Waals surface area (Å²) < 4.78 is 1.65. The Labute approximate surface area is 135 Å². The summed E-state index contributed by atoms with van der Waals surface area (Å²) in [4.78, 5) is 19.7. The fourth-order valence-electron chi connectivity index (χ4n) is 2.30. The quantitative estimate of drug-likeness (QED) is 0.755. The predicted octanol–water partition coefficient (Wildman–Crippen LogP) is 2.65. The van der Waals surface area contributed by atoms with E-state index in [9.17, 15) is 4.79 Å². The van der Waals surface area contributed by atoms with Gasteiger partial charge in [0.1, 0.15) is 17.3 Å². The number of carbonyl (C=O) groups excluding carboxylic acids is 1. The number of hydrogen-bond donors (Lipinski definition) is 1. The van der Waals surface area contributed by atoms with Crippen LogP contribution in [0.5, 0.6) is 0 Å². The molecule has 0 bridgehead atoms. The normalized spacial score (nSPS) is 10.5. The van der Waals surface area contributed by atoms with Gasteiger partial charge in [-0.1, -0.05) is 18.2 Å². The van der Waals surface area contributed by atoms with Crippen LogP contribution in [0.1, 0.15) is 11.4 Å². The zero-order valence-electron chi connectivity index (χ0n) is 12.8. The molecular formula is C16H14BN5O. The van der Waals surface area contributed by atoms with Gasteiger partial charge in [-0.15, -0.1) is 0 Å². The summed E-state index contributed by atoms with van der Waals surface area (Å²) in [6, 6.07) is 9.50. The second-order valence-electron chi connectivity index (χ2n) is 5.08. The van der Waals surface area contributed by atoms with Crippen LogP contribution < -0.4 is 5.32 Å². The molecule has 0 saturated heterocycles. The molecule has 1 amide bonds. The number of hydrogen-bond acceptors (Lipinski definition) is 4. The Balaban J connectivity index is 2.17. The van der Waals surface area contributed by atoms with Gasteiger partial charge in [-0.25, -0.2) is 14.6 Å². The Morgan fingerprint density at radius 3 is 2.39 bits per heavy atom. The van der Waals surface area contributed by atoms with Gasteiger partial charge < -0.3 is 5.32 Å². The van der Waals surface area contributed by atoms with E-state index in [2.05, 4.69) is 20.4 Å². The first-order valence-corrected chi connectivity index (χ1v) is 7.07. The van der Waals surface area contributed by atoms with Crippen LogP contribution in [-0.2, 0) is 0 Å². The monoisotopic (exact) mass is 303 g/mol. The van der Waals surface area contributed by atoms with Crippen LogP contribution in [-0.4, -0.2) is 33.4 Å². The molecule has 0 aliphatic rings. The molecule has 0 aliphatic carbocycles. The summed E-state index contributed by atoms with van der Waals surface area (Å²) in [7, 11) is 5.29. The molecule has 0 unspecified atom stereocenters. The van der Waals surface area contributed by atoms with Crippen molar-refractivity contribution in [1.29, 1.82) is 0 Å². The van der Waals surface area contributed by atoms with Crippen molar-refractivity contribution in [3.63, 3.8) is 0 Å². The Kier molecular flexibility index (Phi) is 3.93. The largest absolute Gasteiger partial charge is 0.320 e. The van der Waals surface area contributed by atoms with E-state index in [1.165, 1.54) is 0 Å². The smallest absolute Gasteiger partial charge is 0.201 e. The summed E-state index contributed by atoms with van der Waals surface area (Å²) >= 11 is 0. The second-order valence-corrected chi connectivity index (χ2v) is 5.08. The van der Waals surface area contributed by atoms with Crippen molar-refractivity contribution in [2.75, 3.05) is 5.32 Å². The number of aryl methyl sites for hydroxylation is 1. The number of nitrogens with one attached hydrogen (secondary N) is 1. The summed E-state index contributed by atoms with van der Waals surface area (Å²) in [5.74, 6) is 0.570. The van der Waals surface area contributed by atoms with E-state index in [0.29, 0.717) is 17.3 Å². The van der Waals surface area contributed by atoms with Gasteiger partial charge in [-0.2, -0.15) is 5.10 Å². The molecule has 112 valence electrons. The summed E-state index contributed by atoms with van der Waals surface area (Å²) in [5, 5.41) is 7.24. The van der Waals surface area contributed by atoms with Crippen molar-refractivity contribution in [3.8, 4) is 16.9 Å².